The Balaban J connectivity index is 1.17. The number of aromatic amines is 1. The number of amides is 2. The number of nitrogens with one attached hydrogen (secondary N) is 2. The number of ether oxygens (including phenoxy) is 1. The van der Waals surface area contributed by atoms with Crippen molar-refractivity contribution in [2.24, 2.45) is 0 Å². The van der Waals surface area contributed by atoms with Crippen molar-refractivity contribution < 1.29 is 23.6 Å². The number of imidazole rings is 1. The third kappa shape index (κ3) is 4.60. The Kier molecular flexibility index (Phi) is 6.41. The van der Waals surface area contributed by atoms with Crippen molar-refractivity contribution in [2.45, 2.75) is 70.2 Å². The fourth-order valence-corrected chi connectivity index (χ4v) is 6.40. The van der Waals surface area contributed by atoms with Gasteiger partial charge in [-0.05, 0) is 74.0 Å². The molecule has 1 aromatic heterocycles. The minimum atomic E-state index is -0.676. The normalized spacial score (nSPS) is 22.0. The summed E-state index contributed by atoms with van der Waals surface area (Å²) in [5.74, 6) is 0.556. The molecule has 4 heterocycles. The molecule has 0 spiro atoms. The fourth-order valence-electron chi connectivity index (χ4n) is 6.40. The van der Waals surface area contributed by atoms with Crippen LogP contribution in [0.3, 0.4) is 0 Å². The van der Waals surface area contributed by atoms with E-state index in [1.54, 1.807) is 0 Å². The molecular formula is C33H35BN4O5. The first-order valence-corrected chi connectivity index (χ1v) is 14.8. The molecule has 3 aliphatic heterocycles. The standard InChI is InChI=1S/C33H35BN4O5/c1-32(2)33(3,4)43-34(42-32)24-13-11-20-15-22(10-9-21(20)16-24)26-18-35-29(36-26)27-17-23-8-6-7-19-12-14-25(37-31(40)41-5)30(39)38(27)28(19)23/h6-11,13,15-16,18,25,27H,12,14,17H2,1-5H3,(H,35,36)(H,37,40)/t25-,27-/m0/s1. The highest BCUT2D eigenvalue weighted by atomic mass is 16.7. The summed E-state index contributed by atoms with van der Waals surface area (Å²) in [4.78, 5) is 35.9. The van der Waals surface area contributed by atoms with Crippen LogP contribution in [0, 0.1) is 0 Å². The molecule has 0 bridgehead atoms. The molecule has 2 N–H and O–H groups in total. The van der Waals surface area contributed by atoms with E-state index >= 15 is 0 Å². The van der Waals surface area contributed by atoms with E-state index in [0.717, 1.165) is 44.3 Å². The zero-order valence-electron chi connectivity index (χ0n) is 25.1. The molecule has 0 saturated carbocycles. The fraction of sp³-hybridized carbons (Fsp3) is 0.364. The SMILES string of the molecule is COC(=O)N[C@H]1CCc2cccc3c2N(C1=O)[C@H](c1ncc(-c2ccc4cc(B5OC(C)(C)C(C)(C)O5)ccc4c2)[nH]1)C3. The van der Waals surface area contributed by atoms with Crippen LogP contribution in [0.15, 0.2) is 60.8 Å². The van der Waals surface area contributed by atoms with E-state index < -0.39 is 30.5 Å². The summed E-state index contributed by atoms with van der Waals surface area (Å²) in [7, 11) is 0.891. The highest BCUT2D eigenvalue weighted by molar-refractivity contribution is 6.62. The summed E-state index contributed by atoms with van der Waals surface area (Å²) in [6, 6.07) is 17.8. The van der Waals surface area contributed by atoms with Crippen LogP contribution in [0.4, 0.5) is 10.5 Å². The Morgan fingerprint density at radius 1 is 1.05 bits per heavy atom. The molecule has 1 fully saturated rings. The smallest absolute Gasteiger partial charge is 0.453 e. The molecule has 0 aliphatic carbocycles. The lowest BCUT2D eigenvalue weighted by Crippen LogP contribution is -2.48. The number of para-hydroxylation sites is 1. The number of carbonyl (C=O) groups is 2. The van der Waals surface area contributed by atoms with Gasteiger partial charge in [0.05, 0.1) is 41.9 Å². The molecule has 1 saturated heterocycles. The van der Waals surface area contributed by atoms with E-state index in [-0.39, 0.29) is 11.9 Å². The third-order valence-electron chi connectivity index (χ3n) is 9.50. The Hall–Kier alpha value is -4.15. The number of benzene rings is 3. The van der Waals surface area contributed by atoms with Crippen LogP contribution in [0.5, 0.6) is 0 Å². The van der Waals surface area contributed by atoms with Gasteiger partial charge in [-0.15, -0.1) is 0 Å². The number of aromatic nitrogens is 2. The van der Waals surface area contributed by atoms with Gasteiger partial charge in [0.25, 0.3) is 0 Å². The van der Waals surface area contributed by atoms with Gasteiger partial charge in [-0.1, -0.05) is 48.5 Å². The lowest BCUT2D eigenvalue weighted by Gasteiger charge is -2.32. The number of nitrogens with zero attached hydrogens (tertiary/aromatic N) is 2. The van der Waals surface area contributed by atoms with Crippen molar-refractivity contribution >= 4 is 41.0 Å². The second-order valence-corrected chi connectivity index (χ2v) is 12.7. The van der Waals surface area contributed by atoms with E-state index in [4.69, 9.17) is 19.0 Å². The van der Waals surface area contributed by atoms with Gasteiger partial charge in [0.15, 0.2) is 0 Å². The number of aryl methyl sites for hydroxylation is 1. The van der Waals surface area contributed by atoms with Crippen LogP contribution in [0.25, 0.3) is 22.0 Å². The van der Waals surface area contributed by atoms with Gasteiger partial charge in [-0.2, -0.15) is 0 Å². The van der Waals surface area contributed by atoms with E-state index in [0.29, 0.717) is 25.1 Å². The first-order chi connectivity index (χ1) is 20.5. The number of hydrogen-bond acceptors (Lipinski definition) is 6. The van der Waals surface area contributed by atoms with Crippen molar-refractivity contribution in [3.63, 3.8) is 0 Å². The number of rotatable bonds is 4. The Labute approximate surface area is 251 Å². The molecule has 43 heavy (non-hydrogen) atoms. The van der Waals surface area contributed by atoms with Crippen molar-refractivity contribution in [3.8, 4) is 11.3 Å². The predicted octanol–water partition coefficient (Wildman–Crippen LogP) is 4.83. The second kappa shape index (κ2) is 9.96. The highest BCUT2D eigenvalue weighted by Crippen LogP contribution is 2.44. The van der Waals surface area contributed by atoms with Gasteiger partial charge < -0.3 is 24.3 Å². The maximum Gasteiger partial charge on any atom is 0.494 e. The number of hydrogen-bond donors (Lipinski definition) is 2. The Bertz CT molecular complexity index is 1750. The summed E-state index contributed by atoms with van der Waals surface area (Å²) in [6.45, 7) is 8.23. The van der Waals surface area contributed by atoms with Crippen molar-refractivity contribution in [1.82, 2.24) is 15.3 Å². The van der Waals surface area contributed by atoms with Crippen LogP contribution in [-0.2, 0) is 31.7 Å². The van der Waals surface area contributed by atoms with Gasteiger partial charge in [0.1, 0.15) is 11.9 Å². The first-order valence-electron chi connectivity index (χ1n) is 14.8. The summed E-state index contributed by atoms with van der Waals surface area (Å²) in [6.07, 6.45) is 3.05. The zero-order chi connectivity index (χ0) is 30.1. The molecule has 4 aromatic rings. The van der Waals surface area contributed by atoms with Gasteiger partial charge in [0.2, 0.25) is 5.91 Å². The molecule has 2 amide bonds. The van der Waals surface area contributed by atoms with Crippen LogP contribution < -0.4 is 15.7 Å². The third-order valence-corrected chi connectivity index (χ3v) is 9.50. The molecular weight excluding hydrogens is 543 g/mol. The largest absolute Gasteiger partial charge is 0.494 e. The summed E-state index contributed by atoms with van der Waals surface area (Å²) >= 11 is 0. The number of anilines is 1. The molecule has 7 rings (SSSR count). The Morgan fingerprint density at radius 3 is 2.53 bits per heavy atom. The molecule has 0 unspecified atom stereocenters. The topological polar surface area (TPSA) is 106 Å². The zero-order valence-corrected chi connectivity index (χ0v) is 25.1. The van der Waals surface area contributed by atoms with E-state index in [2.05, 4.69) is 86.5 Å². The van der Waals surface area contributed by atoms with E-state index in [9.17, 15) is 9.59 Å². The number of H-pyrrole nitrogens is 1. The quantitative estimate of drug-likeness (QED) is 0.336. The monoisotopic (exact) mass is 578 g/mol. The molecule has 3 aromatic carbocycles. The number of fused-ring (bicyclic) bond motifs is 1. The average molecular weight is 578 g/mol. The summed E-state index contributed by atoms with van der Waals surface area (Å²) in [5, 5.41) is 4.91. The highest BCUT2D eigenvalue weighted by Gasteiger charge is 2.51. The molecule has 2 atom stereocenters. The minimum absolute atomic E-state index is 0.152. The molecule has 3 aliphatic rings. The maximum atomic E-state index is 13.8. The number of methoxy groups -OCH3 is 1. The van der Waals surface area contributed by atoms with Crippen LogP contribution in [0.1, 0.15) is 57.1 Å². The molecule has 9 nitrogen and oxygen atoms in total. The van der Waals surface area contributed by atoms with Crippen LogP contribution in [-0.4, -0.2) is 53.4 Å². The van der Waals surface area contributed by atoms with Crippen LogP contribution in [0.2, 0.25) is 0 Å². The second-order valence-electron chi connectivity index (χ2n) is 12.7. The van der Waals surface area contributed by atoms with Gasteiger partial charge in [0, 0.05) is 12.0 Å². The lowest BCUT2D eigenvalue weighted by molar-refractivity contribution is -0.121. The van der Waals surface area contributed by atoms with Gasteiger partial charge >= 0.3 is 13.2 Å². The predicted molar refractivity (Wildman–Crippen MR) is 165 cm³/mol. The molecule has 220 valence electrons. The van der Waals surface area contributed by atoms with Gasteiger partial charge in [-0.25, -0.2) is 9.78 Å². The van der Waals surface area contributed by atoms with Crippen molar-refractivity contribution in [1.29, 1.82) is 0 Å². The van der Waals surface area contributed by atoms with Gasteiger partial charge in [-0.3, -0.25) is 9.69 Å². The number of alkyl carbamates (subject to hydrolysis) is 1. The lowest BCUT2D eigenvalue weighted by atomic mass is 9.78. The van der Waals surface area contributed by atoms with Crippen molar-refractivity contribution in [2.75, 3.05) is 12.0 Å². The van der Waals surface area contributed by atoms with E-state index in [1.807, 2.05) is 17.2 Å². The van der Waals surface area contributed by atoms with Crippen molar-refractivity contribution in [3.05, 3.63) is 77.7 Å². The average Bonchev–Trinajstić information content (AvgIpc) is 3.65. The molecule has 0 radical (unpaired) electrons. The summed E-state index contributed by atoms with van der Waals surface area (Å²) in [5.41, 5.74) is 5.22. The minimum Gasteiger partial charge on any atom is -0.453 e. The maximum absolute atomic E-state index is 13.8. The number of carbonyl (C=O) groups excluding carboxylic acids is 2. The first kappa shape index (κ1) is 27.7. The summed E-state index contributed by atoms with van der Waals surface area (Å²) < 4.78 is 17.3. The Morgan fingerprint density at radius 2 is 1.77 bits per heavy atom. The van der Waals surface area contributed by atoms with E-state index in [1.165, 1.54) is 7.11 Å². The van der Waals surface area contributed by atoms with Crippen LogP contribution >= 0.6 is 0 Å². The molecule has 10 heteroatoms.